The van der Waals surface area contributed by atoms with Gasteiger partial charge in [-0.2, -0.15) is 0 Å². The molecule has 6 heteroatoms. The summed E-state index contributed by atoms with van der Waals surface area (Å²) < 4.78 is 10.8. The van der Waals surface area contributed by atoms with Crippen molar-refractivity contribution in [1.29, 1.82) is 0 Å². The van der Waals surface area contributed by atoms with E-state index in [4.69, 9.17) is 27.4 Å². The van der Waals surface area contributed by atoms with Crippen LogP contribution in [0, 0.1) is 0 Å². The largest absolute Gasteiger partial charge is 0.494 e. The number of nitrogens with one attached hydrogen (secondary N) is 1. The molecule has 0 unspecified atom stereocenters. The first-order valence-electron chi connectivity index (χ1n) is 7.14. The lowest BCUT2D eigenvalue weighted by Gasteiger charge is -2.11. The van der Waals surface area contributed by atoms with Gasteiger partial charge in [-0.05, 0) is 43.3 Å². The highest BCUT2D eigenvalue weighted by atomic mass is 32.1. The second-order valence-corrected chi connectivity index (χ2v) is 5.09. The normalized spacial score (nSPS) is 9.96. The number of hydrogen-bond donors (Lipinski definition) is 2. The van der Waals surface area contributed by atoms with E-state index in [1.54, 1.807) is 48.5 Å². The van der Waals surface area contributed by atoms with Gasteiger partial charge in [0, 0.05) is 5.56 Å². The van der Waals surface area contributed by atoms with E-state index in [1.165, 1.54) is 0 Å². The standard InChI is InChI=1S/C17H18N2O3S/c1-2-21-12-7-9-13(10-8-12)22-11-16(20)19-15-6-4-3-5-14(15)17(18)23/h3-10H,2,11H2,1H3,(H2,18,23)(H,19,20). The van der Waals surface area contributed by atoms with E-state index in [1.807, 2.05) is 6.92 Å². The Bertz CT molecular complexity index is 686. The monoisotopic (exact) mass is 330 g/mol. The van der Waals surface area contributed by atoms with Crippen LogP contribution < -0.4 is 20.5 Å². The number of hydrogen-bond acceptors (Lipinski definition) is 4. The van der Waals surface area contributed by atoms with Gasteiger partial charge in [0.2, 0.25) is 0 Å². The van der Waals surface area contributed by atoms with Crippen molar-refractivity contribution in [2.75, 3.05) is 18.5 Å². The number of ether oxygens (including phenoxy) is 2. The molecular formula is C17H18N2O3S. The van der Waals surface area contributed by atoms with Gasteiger partial charge >= 0.3 is 0 Å². The summed E-state index contributed by atoms with van der Waals surface area (Å²) in [5.74, 6) is 1.06. The predicted octanol–water partition coefficient (Wildman–Crippen LogP) is 2.74. The SMILES string of the molecule is CCOc1ccc(OCC(=O)Nc2ccccc2C(N)=S)cc1. The predicted molar refractivity (Wildman–Crippen MR) is 94.1 cm³/mol. The molecule has 3 N–H and O–H groups in total. The van der Waals surface area contributed by atoms with Gasteiger partial charge in [-0.15, -0.1) is 0 Å². The molecule has 0 saturated heterocycles. The van der Waals surface area contributed by atoms with Gasteiger partial charge in [-0.25, -0.2) is 0 Å². The number of carbonyl (C=O) groups excluding carboxylic acids is 1. The molecular weight excluding hydrogens is 312 g/mol. The first kappa shape index (κ1) is 16.8. The Morgan fingerprint density at radius 2 is 1.70 bits per heavy atom. The number of anilines is 1. The summed E-state index contributed by atoms with van der Waals surface area (Å²) in [5.41, 5.74) is 6.82. The van der Waals surface area contributed by atoms with E-state index in [-0.39, 0.29) is 17.5 Å². The molecule has 0 aliphatic heterocycles. The van der Waals surface area contributed by atoms with Crippen LogP contribution in [-0.4, -0.2) is 24.1 Å². The molecule has 120 valence electrons. The van der Waals surface area contributed by atoms with E-state index >= 15 is 0 Å². The summed E-state index contributed by atoms with van der Waals surface area (Å²) in [6.45, 7) is 2.41. The molecule has 2 aromatic rings. The van der Waals surface area contributed by atoms with Gasteiger partial charge in [0.1, 0.15) is 16.5 Å². The molecule has 0 atom stereocenters. The quantitative estimate of drug-likeness (QED) is 0.764. The summed E-state index contributed by atoms with van der Waals surface area (Å²) in [6, 6.07) is 14.2. The van der Waals surface area contributed by atoms with Crippen LogP contribution >= 0.6 is 12.2 Å². The van der Waals surface area contributed by atoms with E-state index in [9.17, 15) is 4.79 Å². The molecule has 2 aromatic carbocycles. The fourth-order valence-corrected chi connectivity index (χ4v) is 2.12. The number of benzene rings is 2. The second-order valence-electron chi connectivity index (χ2n) is 4.65. The molecule has 0 aromatic heterocycles. The zero-order valence-corrected chi connectivity index (χ0v) is 13.6. The van der Waals surface area contributed by atoms with Crippen LogP contribution in [0.2, 0.25) is 0 Å². The number of thiocarbonyl (C=S) groups is 1. The van der Waals surface area contributed by atoms with Crippen molar-refractivity contribution in [2.45, 2.75) is 6.92 Å². The van der Waals surface area contributed by atoms with Gasteiger partial charge in [0.15, 0.2) is 6.61 Å². The van der Waals surface area contributed by atoms with Crippen LogP contribution in [0.3, 0.4) is 0 Å². The van der Waals surface area contributed by atoms with Gasteiger partial charge in [0.05, 0.1) is 12.3 Å². The molecule has 0 aliphatic carbocycles. The Kier molecular flexibility index (Phi) is 5.94. The summed E-state index contributed by atoms with van der Waals surface area (Å²) in [4.78, 5) is 12.2. The zero-order chi connectivity index (χ0) is 16.7. The third kappa shape index (κ3) is 4.96. The zero-order valence-electron chi connectivity index (χ0n) is 12.7. The Labute approximate surface area is 140 Å². The molecule has 0 bridgehead atoms. The number of rotatable bonds is 7. The van der Waals surface area contributed by atoms with E-state index in [2.05, 4.69) is 5.32 Å². The number of nitrogens with two attached hydrogens (primary N) is 1. The van der Waals surface area contributed by atoms with Crippen molar-refractivity contribution in [2.24, 2.45) is 5.73 Å². The Morgan fingerprint density at radius 1 is 1.09 bits per heavy atom. The molecule has 0 radical (unpaired) electrons. The number of amides is 1. The van der Waals surface area contributed by atoms with Gasteiger partial charge in [-0.3, -0.25) is 4.79 Å². The van der Waals surface area contributed by atoms with Crippen molar-refractivity contribution in [3.05, 3.63) is 54.1 Å². The van der Waals surface area contributed by atoms with Crippen LogP contribution in [-0.2, 0) is 4.79 Å². The molecule has 5 nitrogen and oxygen atoms in total. The lowest BCUT2D eigenvalue weighted by molar-refractivity contribution is -0.118. The minimum atomic E-state index is -0.289. The number of para-hydroxylation sites is 1. The fourth-order valence-electron chi connectivity index (χ4n) is 1.94. The highest BCUT2D eigenvalue weighted by Crippen LogP contribution is 2.18. The first-order chi connectivity index (χ1) is 11.1. The van der Waals surface area contributed by atoms with E-state index < -0.39 is 0 Å². The van der Waals surface area contributed by atoms with Gasteiger partial charge in [-0.1, -0.05) is 24.4 Å². The van der Waals surface area contributed by atoms with Crippen LogP contribution in [0.5, 0.6) is 11.5 Å². The third-order valence-corrected chi connectivity index (χ3v) is 3.19. The highest BCUT2D eigenvalue weighted by Gasteiger charge is 2.09. The molecule has 23 heavy (non-hydrogen) atoms. The Hall–Kier alpha value is -2.60. The maximum atomic E-state index is 12.0. The van der Waals surface area contributed by atoms with Crippen LogP contribution in [0.15, 0.2) is 48.5 Å². The first-order valence-corrected chi connectivity index (χ1v) is 7.55. The van der Waals surface area contributed by atoms with Crippen molar-refractivity contribution >= 4 is 28.8 Å². The van der Waals surface area contributed by atoms with E-state index in [0.717, 1.165) is 5.75 Å². The maximum absolute atomic E-state index is 12.0. The topological polar surface area (TPSA) is 73.6 Å². The molecule has 0 aliphatic rings. The summed E-state index contributed by atoms with van der Waals surface area (Å²) in [6.07, 6.45) is 0. The minimum Gasteiger partial charge on any atom is -0.494 e. The second kappa shape index (κ2) is 8.14. The average Bonchev–Trinajstić information content (AvgIpc) is 2.55. The Morgan fingerprint density at radius 3 is 2.30 bits per heavy atom. The highest BCUT2D eigenvalue weighted by molar-refractivity contribution is 7.80. The van der Waals surface area contributed by atoms with Crippen molar-refractivity contribution in [1.82, 2.24) is 0 Å². The van der Waals surface area contributed by atoms with Crippen LogP contribution in [0.1, 0.15) is 12.5 Å². The van der Waals surface area contributed by atoms with E-state index in [0.29, 0.717) is 23.6 Å². The van der Waals surface area contributed by atoms with Gasteiger partial charge in [0.25, 0.3) is 5.91 Å². The fraction of sp³-hybridized carbons (Fsp3) is 0.176. The molecule has 1 amide bonds. The average molecular weight is 330 g/mol. The van der Waals surface area contributed by atoms with Crippen molar-refractivity contribution in [3.63, 3.8) is 0 Å². The third-order valence-electron chi connectivity index (χ3n) is 2.97. The van der Waals surface area contributed by atoms with Crippen molar-refractivity contribution in [3.8, 4) is 11.5 Å². The maximum Gasteiger partial charge on any atom is 0.262 e. The lowest BCUT2D eigenvalue weighted by Crippen LogP contribution is -2.22. The molecule has 2 rings (SSSR count). The molecule has 0 spiro atoms. The molecule has 0 heterocycles. The molecule has 0 fully saturated rings. The smallest absolute Gasteiger partial charge is 0.262 e. The van der Waals surface area contributed by atoms with Crippen molar-refractivity contribution < 1.29 is 14.3 Å². The minimum absolute atomic E-state index is 0.111. The Balaban J connectivity index is 1.91. The van der Waals surface area contributed by atoms with Gasteiger partial charge < -0.3 is 20.5 Å². The lowest BCUT2D eigenvalue weighted by atomic mass is 10.2. The molecule has 0 saturated carbocycles. The van der Waals surface area contributed by atoms with Crippen LogP contribution in [0.4, 0.5) is 5.69 Å². The van der Waals surface area contributed by atoms with Crippen LogP contribution in [0.25, 0.3) is 0 Å². The summed E-state index contributed by atoms with van der Waals surface area (Å²) in [7, 11) is 0. The number of carbonyl (C=O) groups is 1. The summed E-state index contributed by atoms with van der Waals surface area (Å²) >= 11 is 4.96. The summed E-state index contributed by atoms with van der Waals surface area (Å²) in [5, 5.41) is 2.74.